The molecular weight excluding hydrogens is 248 g/mol. The van der Waals surface area contributed by atoms with E-state index in [0.29, 0.717) is 32.7 Å². The lowest BCUT2D eigenvalue weighted by Gasteiger charge is -2.18. The zero-order chi connectivity index (χ0) is 14.1. The normalized spacial score (nSPS) is 10.0. The molecule has 0 radical (unpaired) electrons. The maximum absolute atomic E-state index is 11.8. The molecule has 0 saturated carbocycles. The molecule has 0 fully saturated rings. The largest absolute Gasteiger partial charge is 0.383 e. The van der Waals surface area contributed by atoms with Crippen LogP contribution in [0.3, 0.4) is 0 Å². The summed E-state index contributed by atoms with van der Waals surface area (Å²) < 4.78 is 6.34. The van der Waals surface area contributed by atoms with Crippen molar-refractivity contribution >= 4 is 5.69 Å². The molecule has 19 heavy (non-hydrogen) atoms. The lowest BCUT2D eigenvalue weighted by molar-refractivity contribution is 0.206. The first kappa shape index (κ1) is 15.0. The van der Waals surface area contributed by atoms with Crippen molar-refractivity contribution in [1.29, 1.82) is 0 Å². The van der Waals surface area contributed by atoms with Crippen LogP contribution < -0.4 is 10.5 Å². The molecule has 0 atom stereocenters. The van der Waals surface area contributed by atoms with Crippen molar-refractivity contribution in [1.82, 2.24) is 9.78 Å². The standard InChI is InChI=1S/C11H18N6O2/c1-16(6-7-19-2)10-8-11(18)17(14-9-10)5-3-4-13-15-12/h8-9H,3-7H2,1-2H3. The fourth-order valence-corrected chi connectivity index (χ4v) is 1.49. The summed E-state index contributed by atoms with van der Waals surface area (Å²) in [6.07, 6.45) is 2.24. The van der Waals surface area contributed by atoms with Gasteiger partial charge in [0.05, 0.1) is 18.5 Å². The first-order valence-corrected chi connectivity index (χ1v) is 5.97. The second-order valence-electron chi connectivity index (χ2n) is 4.00. The molecule has 0 aliphatic carbocycles. The number of likely N-dealkylation sites (N-methyl/N-ethyl adjacent to an activating group) is 1. The van der Waals surface area contributed by atoms with Crippen molar-refractivity contribution in [2.24, 2.45) is 5.11 Å². The first-order chi connectivity index (χ1) is 9.19. The van der Waals surface area contributed by atoms with E-state index in [-0.39, 0.29) is 5.56 Å². The van der Waals surface area contributed by atoms with Crippen molar-refractivity contribution in [3.63, 3.8) is 0 Å². The summed E-state index contributed by atoms with van der Waals surface area (Å²) in [5, 5.41) is 7.50. The maximum Gasteiger partial charge on any atom is 0.268 e. The number of rotatable bonds is 8. The van der Waals surface area contributed by atoms with Crippen LogP contribution in [-0.2, 0) is 11.3 Å². The Morgan fingerprint density at radius 3 is 3.05 bits per heavy atom. The SMILES string of the molecule is COCCN(C)c1cnn(CCCN=[N+]=[N-])c(=O)c1. The minimum Gasteiger partial charge on any atom is -0.383 e. The Labute approximate surface area is 111 Å². The molecule has 0 saturated heterocycles. The molecule has 0 amide bonds. The first-order valence-electron chi connectivity index (χ1n) is 5.97. The van der Waals surface area contributed by atoms with Crippen molar-refractivity contribution in [2.75, 3.05) is 38.8 Å². The van der Waals surface area contributed by atoms with Gasteiger partial charge in [-0.2, -0.15) is 5.10 Å². The molecule has 0 bridgehead atoms. The zero-order valence-electron chi connectivity index (χ0n) is 11.2. The molecule has 1 aromatic heterocycles. The average Bonchev–Trinajstić information content (AvgIpc) is 2.42. The molecule has 0 aliphatic heterocycles. The number of ether oxygens (including phenoxy) is 1. The molecule has 8 heteroatoms. The number of aromatic nitrogens is 2. The van der Waals surface area contributed by atoms with E-state index < -0.39 is 0 Å². The molecule has 1 rings (SSSR count). The molecule has 8 nitrogen and oxygen atoms in total. The molecular formula is C11H18N6O2. The lowest BCUT2D eigenvalue weighted by atomic mass is 10.4. The van der Waals surface area contributed by atoms with Crippen LogP contribution in [0.4, 0.5) is 5.69 Å². The van der Waals surface area contributed by atoms with Crippen LogP contribution in [0, 0.1) is 0 Å². The number of aryl methyl sites for hydroxylation is 1. The molecule has 0 N–H and O–H groups in total. The van der Waals surface area contributed by atoms with Crippen molar-refractivity contribution < 1.29 is 4.74 Å². The third-order valence-electron chi connectivity index (χ3n) is 2.62. The number of hydrogen-bond acceptors (Lipinski definition) is 5. The summed E-state index contributed by atoms with van der Waals surface area (Å²) in [5.74, 6) is 0. The fourth-order valence-electron chi connectivity index (χ4n) is 1.49. The second-order valence-corrected chi connectivity index (χ2v) is 4.00. The van der Waals surface area contributed by atoms with Gasteiger partial charge in [-0.25, -0.2) is 4.68 Å². The van der Waals surface area contributed by atoms with Gasteiger partial charge < -0.3 is 9.64 Å². The molecule has 0 aromatic carbocycles. The molecule has 0 unspecified atom stereocenters. The summed E-state index contributed by atoms with van der Waals surface area (Å²) in [7, 11) is 3.51. The van der Waals surface area contributed by atoms with E-state index in [0.717, 1.165) is 5.69 Å². The summed E-state index contributed by atoms with van der Waals surface area (Å²) in [5.41, 5.74) is 8.74. The smallest absolute Gasteiger partial charge is 0.268 e. The van der Waals surface area contributed by atoms with E-state index in [1.54, 1.807) is 13.3 Å². The van der Waals surface area contributed by atoms with Gasteiger partial charge in [-0.3, -0.25) is 4.79 Å². The molecule has 104 valence electrons. The Balaban J connectivity index is 2.63. The Morgan fingerprint density at radius 2 is 2.42 bits per heavy atom. The van der Waals surface area contributed by atoms with E-state index in [1.807, 2.05) is 11.9 Å². The highest BCUT2D eigenvalue weighted by atomic mass is 16.5. The van der Waals surface area contributed by atoms with Gasteiger partial charge in [0.2, 0.25) is 0 Å². The fraction of sp³-hybridized carbons (Fsp3) is 0.636. The molecule has 0 aliphatic rings. The minimum absolute atomic E-state index is 0.164. The van der Waals surface area contributed by atoms with Gasteiger partial charge in [-0.05, 0) is 12.0 Å². The highest BCUT2D eigenvalue weighted by Gasteiger charge is 2.04. The topological polar surface area (TPSA) is 96.1 Å². The lowest BCUT2D eigenvalue weighted by Crippen LogP contribution is -2.27. The Hall–Kier alpha value is -2.05. The van der Waals surface area contributed by atoms with Gasteiger partial charge in [0.15, 0.2) is 0 Å². The van der Waals surface area contributed by atoms with Gasteiger partial charge in [-0.1, -0.05) is 5.11 Å². The van der Waals surface area contributed by atoms with Gasteiger partial charge >= 0.3 is 0 Å². The Kier molecular flexibility index (Phi) is 6.42. The Bertz CT molecular complexity index is 494. The van der Waals surface area contributed by atoms with E-state index in [2.05, 4.69) is 15.1 Å². The van der Waals surface area contributed by atoms with Crippen molar-refractivity contribution in [2.45, 2.75) is 13.0 Å². The number of azide groups is 1. The van der Waals surface area contributed by atoms with Crippen LogP contribution >= 0.6 is 0 Å². The van der Waals surface area contributed by atoms with Crippen LogP contribution in [0.15, 0.2) is 22.2 Å². The third-order valence-corrected chi connectivity index (χ3v) is 2.62. The number of nitrogens with zero attached hydrogens (tertiary/aromatic N) is 6. The summed E-state index contributed by atoms with van der Waals surface area (Å²) >= 11 is 0. The molecule has 1 heterocycles. The monoisotopic (exact) mass is 266 g/mol. The third kappa shape index (κ3) is 4.99. The van der Waals surface area contributed by atoms with Gasteiger partial charge in [0.1, 0.15) is 0 Å². The highest BCUT2D eigenvalue weighted by Crippen LogP contribution is 2.06. The van der Waals surface area contributed by atoms with Gasteiger partial charge in [-0.15, -0.1) is 0 Å². The Morgan fingerprint density at radius 1 is 1.63 bits per heavy atom. The van der Waals surface area contributed by atoms with Crippen LogP contribution in [0.1, 0.15) is 6.42 Å². The second kappa shape index (κ2) is 8.12. The summed E-state index contributed by atoms with van der Waals surface area (Å²) in [6, 6.07) is 1.54. The average molecular weight is 266 g/mol. The zero-order valence-corrected chi connectivity index (χ0v) is 11.2. The van der Waals surface area contributed by atoms with Gasteiger partial charge in [0, 0.05) is 44.8 Å². The predicted molar refractivity (Wildman–Crippen MR) is 72.3 cm³/mol. The van der Waals surface area contributed by atoms with Crippen molar-refractivity contribution in [3.8, 4) is 0 Å². The number of methoxy groups -OCH3 is 1. The summed E-state index contributed by atoms with van der Waals surface area (Å²) in [4.78, 5) is 16.4. The predicted octanol–water partition coefficient (Wildman–Crippen LogP) is 1.03. The number of anilines is 1. The van der Waals surface area contributed by atoms with E-state index in [9.17, 15) is 4.79 Å². The quantitative estimate of drug-likeness (QED) is 0.304. The van der Waals surface area contributed by atoms with Crippen LogP contribution in [0.25, 0.3) is 10.4 Å². The van der Waals surface area contributed by atoms with E-state index >= 15 is 0 Å². The highest BCUT2D eigenvalue weighted by molar-refractivity contribution is 5.41. The summed E-state index contributed by atoms with van der Waals surface area (Å²) in [6.45, 7) is 2.09. The van der Waals surface area contributed by atoms with Crippen LogP contribution in [0.5, 0.6) is 0 Å². The number of hydrogen-bond donors (Lipinski definition) is 0. The van der Waals surface area contributed by atoms with Crippen molar-refractivity contribution in [3.05, 3.63) is 33.1 Å². The van der Waals surface area contributed by atoms with E-state index in [1.165, 1.54) is 10.7 Å². The molecule has 1 aromatic rings. The molecule has 0 spiro atoms. The minimum atomic E-state index is -0.164. The van der Waals surface area contributed by atoms with Crippen LogP contribution in [-0.4, -0.2) is 43.6 Å². The maximum atomic E-state index is 11.8. The van der Waals surface area contributed by atoms with Gasteiger partial charge in [0.25, 0.3) is 5.56 Å². The van der Waals surface area contributed by atoms with Crippen LogP contribution in [0.2, 0.25) is 0 Å². The van der Waals surface area contributed by atoms with E-state index in [4.69, 9.17) is 10.3 Å².